The van der Waals surface area contributed by atoms with Crippen LogP contribution in [0.25, 0.3) is 0 Å². The first kappa shape index (κ1) is 87.5. The van der Waals surface area contributed by atoms with Crippen molar-refractivity contribution in [1.82, 2.24) is 0 Å². The molecule has 0 radical (unpaired) electrons. The molecule has 0 heterocycles. The zero-order chi connectivity index (χ0) is 62.0. The molecular formula is C76H160O3P2Ti. The van der Waals surface area contributed by atoms with Crippen LogP contribution in [-0.2, 0) is 21.9 Å². The standard InChI is InChI=1S/C60H123P.C16H35P.2H2O.O.Ti/c1-15-21-27-32-37-42-48-57(47-26-20-6)58(49-43-38-33-28-22-16-2,50-44-39-34-29-23-17-3)59(53(7)8,51-45-40-35-30-24-18-4)60(54(9)10,55(11)12)61(56(13)14)52-46-41-36-31-25-19-5;1-3-5-7-9-11-13-15-17-16-14-12-10-8-6-4-2;;;;/h53-57H,15-52H2,1-14H3;17H,3-16H2,1-2H3;2*1H2;;/q;;;;;+2/p-2. The first-order valence-corrected chi connectivity index (χ1v) is 43.0. The zero-order valence-corrected chi connectivity index (χ0v) is 63.4. The van der Waals surface area contributed by atoms with E-state index >= 15 is 0 Å². The average Bonchev–Trinajstić information content (AvgIpc) is 3.12. The Morgan fingerprint density at radius 1 is 0.341 bits per heavy atom. The van der Waals surface area contributed by atoms with Gasteiger partial charge in [-0.05, 0) is 110 Å². The number of rotatable bonds is 60. The molecule has 2 N–H and O–H groups in total. The molecule has 0 aliphatic heterocycles. The van der Waals surface area contributed by atoms with E-state index in [4.69, 9.17) is 10.7 Å². The van der Waals surface area contributed by atoms with Crippen molar-refractivity contribution in [3.8, 4) is 0 Å². The molecule has 0 aliphatic carbocycles. The predicted octanol–water partition coefficient (Wildman–Crippen LogP) is 27.9. The van der Waals surface area contributed by atoms with Crippen LogP contribution in [-0.4, -0.2) is 36.7 Å². The van der Waals surface area contributed by atoms with Gasteiger partial charge in [0.25, 0.3) is 0 Å². The Morgan fingerprint density at radius 3 is 0.915 bits per heavy atom. The van der Waals surface area contributed by atoms with E-state index in [1.165, 1.54) is 342 Å². The number of unbranched alkanes of at least 4 members (excludes halogenated alkanes) is 36. The van der Waals surface area contributed by atoms with Crippen LogP contribution < -0.4 is 0 Å². The van der Waals surface area contributed by atoms with Crippen LogP contribution in [0.5, 0.6) is 0 Å². The molecule has 0 saturated carbocycles. The molecule has 496 valence electrons. The van der Waals surface area contributed by atoms with Crippen molar-refractivity contribution < 1.29 is 29.3 Å². The third-order valence-corrected chi connectivity index (χ3v) is 25.9. The molecule has 0 aliphatic rings. The molecular weight excluding hydrogens is 1070 g/mol. The number of hydrogen-bond donors (Lipinski definition) is 2. The predicted molar refractivity (Wildman–Crippen MR) is 377 cm³/mol. The Morgan fingerprint density at radius 2 is 0.610 bits per heavy atom. The summed E-state index contributed by atoms with van der Waals surface area (Å²) in [5, 5.41) is 0.369. The van der Waals surface area contributed by atoms with Crippen molar-refractivity contribution in [2.75, 3.05) is 18.5 Å². The van der Waals surface area contributed by atoms with Gasteiger partial charge in [-0.15, -0.1) is 8.58 Å². The molecule has 0 bridgehead atoms. The summed E-state index contributed by atoms with van der Waals surface area (Å²) >= 11 is -3.58. The molecule has 0 fully saturated rings. The maximum atomic E-state index is 8.81. The minimum absolute atomic E-state index is 0.199. The molecule has 0 saturated heterocycles. The van der Waals surface area contributed by atoms with Gasteiger partial charge in [0.05, 0.1) is 0 Å². The summed E-state index contributed by atoms with van der Waals surface area (Å²) in [7, 11) is 1.06. The monoisotopic (exact) mass is 1230 g/mol. The van der Waals surface area contributed by atoms with Gasteiger partial charge in [0.1, 0.15) is 0 Å². The second-order valence-electron chi connectivity index (χ2n) is 28.0. The van der Waals surface area contributed by atoms with Gasteiger partial charge in [0.15, 0.2) is 0 Å². The molecule has 0 aromatic carbocycles. The third kappa shape index (κ3) is 40.1. The van der Waals surface area contributed by atoms with E-state index in [0.29, 0.717) is 33.7 Å². The van der Waals surface area contributed by atoms with Crippen LogP contribution in [0.4, 0.5) is 0 Å². The van der Waals surface area contributed by atoms with Crippen molar-refractivity contribution in [2.45, 2.75) is 436 Å². The quantitative estimate of drug-likeness (QED) is 0.0362. The first-order chi connectivity index (χ1) is 39.6. The van der Waals surface area contributed by atoms with Gasteiger partial charge in [0, 0.05) is 5.16 Å². The van der Waals surface area contributed by atoms with E-state index in [-0.39, 0.29) is 7.92 Å². The normalized spacial score (nSPS) is 13.6. The molecule has 3 atom stereocenters. The van der Waals surface area contributed by atoms with E-state index in [1.54, 1.807) is 0 Å². The molecule has 3 unspecified atom stereocenters. The van der Waals surface area contributed by atoms with Crippen molar-refractivity contribution in [3.05, 3.63) is 0 Å². The summed E-state index contributed by atoms with van der Waals surface area (Å²) in [4.78, 5) is 0. The van der Waals surface area contributed by atoms with Gasteiger partial charge in [-0.25, -0.2) is 0 Å². The first-order valence-electron chi connectivity index (χ1n) is 38.0. The second-order valence-corrected chi connectivity index (χ2v) is 33.5. The molecule has 0 spiro atoms. The Labute approximate surface area is 531 Å². The van der Waals surface area contributed by atoms with Gasteiger partial charge < -0.3 is 0 Å². The van der Waals surface area contributed by atoms with Crippen molar-refractivity contribution in [1.29, 1.82) is 0 Å². The molecule has 3 nitrogen and oxygen atoms in total. The van der Waals surface area contributed by atoms with Gasteiger partial charge >= 0.3 is 29.3 Å². The van der Waals surface area contributed by atoms with Gasteiger partial charge in [-0.1, -0.05) is 382 Å². The van der Waals surface area contributed by atoms with Crippen molar-refractivity contribution >= 4 is 16.5 Å². The second kappa shape index (κ2) is 62.5. The number of hydrogen-bond acceptors (Lipinski definition) is 1. The Bertz CT molecular complexity index is 1230. The van der Waals surface area contributed by atoms with Crippen LogP contribution in [0.15, 0.2) is 0 Å². The van der Waals surface area contributed by atoms with E-state index < -0.39 is 18.6 Å². The van der Waals surface area contributed by atoms with Gasteiger partial charge in [0.2, 0.25) is 0 Å². The zero-order valence-electron chi connectivity index (χ0n) is 59.9. The summed E-state index contributed by atoms with van der Waals surface area (Å²) in [5.74, 6) is 2.98. The van der Waals surface area contributed by atoms with E-state index in [1.807, 2.05) is 0 Å². The Kier molecular flexibility index (Phi) is 66.7. The topological polar surface area (TPSA) is 57.5 Å². The minimum atomic E-state index is -3.58. The van der Waals surface area contributed by atoms with Crippen molar-refractivity contribution in [2.24, 2.45) is 34.5 Å². The Balaban J connectivity index is -0.00000248. The van der Waals surface area contributed by atoms with E-state index in [9.17, 15) is 0 Å². The maximum absolute atomic E-state index is 8.81. The summed E-state index contributed by atoms with van der Waals surface area (Å²) < 4.78 is 23.2. The van der Waals surface area contributed by atoms with Crippen LogP contribution >= 0.6 is 16.5 Å². The summed E-state index contributed by atoms with van der Waals surface area (Å²) in [6, 6.07) is 0. The molecule has 0 aromatic heterocycles. The average molecular weight is 1230 g/mol. The van der Waals surface area contributed by atoms with Crippen LogP contribution in [0.3, 0.4) is 0 Å². The summed E-state index contributed by atoms with van der Waals surface area (Å²) in [5.41, 5.74) is 1.54. The van der Waals surface area contributed by atoms with E-state index in [2.05, 4.69) is 111 Å². The fraction of sp³-hybridized carbons (Fsp3) is 1.00. The van der Waals surface area contributed by atoms with Crippen LogP contribution in [0, 0.1) is 34.5 Å². The molecule has 0 aromatic rings. The SMILES string of the molecule is CCCCCCCCC(CCCC)C(CCCCCCCC)(CCCCCCCC)C(CCCCCCCC)(C(C)C)C(C(C)C)(C(C)C)P(CCCCCCCC)C(C)C.CCCCCCCCPCCCCCCCC.[O]=[Ti]([OH])[OH]. The van der Waals surface area contributed by atoms with Crippen molar-refractivity contribution in [3.63, 3.8) is 0 Å². The summed E-state index contributed by atoms with van der Waals surface area (Å²) in [6.45, 7) is 41.4. The van der Waals surface area contributed by atoms with Gasteiger partial charge in [-0.3, -0.25) is 0 Å². The van der Waals surface area contributed by atoms with Gasteiger partial charge in [-0.2, -0.15) is 0 Å². The Hall–Kier alpha value is 1.29. The van der Waals surface area contributed by atoms with E-state index in [0.717, 1.165) is 11.6 Å². The molecule has 82 heavy (non-hydrogen) atoms. The molecule has 0 rings (SSSR count). The van der Waals surface area contributed by atoms with Crippen LogP contribution in [0.1, 0.15) is 425 Å². The fourth-order valence-electron chi connectivity index (χ4n) is 16.2. The molecule has 0 amide bonds. The molecule has 6 heteroatoms. The third-order valence-electron chi connectivity index (χ3n) is 20.1. The van der Waals surface area contributed by atoms with Crippen LogP contribution in [0.2, 0.25) is 0 Å². The fourth-order valence-corrected chi connectivity index (χ4v) is 22.2. The summed E-state index contributed by atoms with van der Waals surface area (Å²) in [6.07, 6.45) is 75.5.